The van der Waals surface area contributed by atoms with Crippen LogP contribution in [0.1, 0.15) is 35.7 Å². The molecular formula is C21H24N2O4S. The summed E-state index contributed by atoms with van der Waals surface area (Å²) in [7, 11) is -3.48. The first-order valence-electron chi connectivity index (χ1n) is 9.29. The number of ketones is 1. The van der Waals surface area contributed by atoms with E-state index in [0.29, 0.717) is 30.6 Å². The zero-order chi connectivity index (χ0) is 20.1. The summed E-state index contributed by atoms with van der Waals surface area (Å²) in [5.41, 5.74) is 1.80. The zero-order valence-corrected chi connectivity index (χ0v) is 16.6. The molecule has 1 aliphatic heterocycles. The number of hydrogen-bond acceptors (Lipinski definition) is 4. The van der Waals surface area contributed by atoms with Crippen molar-refractivity contribution < 1.29 is 18.0 Å². The molecular weight excluding hydrogens is 376 g/mol. The van der Waals surface area contributed by atoms with E-state index in [4.69, 9.17) is 0 Å². The van der Waals surface area contributed by atoms with Crippen molar-refractivity contribution in [2.45, 2.75) is 25.5 Å². The van der Waals surface area contributed by atoms with E-state index in [9.17, 15) is 18.0 Å². The Labute approximate surface area is 165 Å². The lowest BCUT2D eigenvalue weighted by Crippen LogP contribution is -2.44. The number of amides is 1. The Hall–Kier alpha value is -2.51. The number of sulfonamides is 1. The number of anilines is 1. The van der Waals surface area contributed by atoms with Crippen LogP contribution in [0, 0.1) is 5.92 Å². The molecule has 1 N–H and O–H groups in total. The van der Waals surface area contributed by atoms with Crippen molar-refractivity contribution in [3.8, 4) is 0 Å². The Bertz CT molecular complexity index is 957. The van der Waals surface area contributed by atoms with Gasteiger partial charge in [-0.2, -0.15) is 0 Å². The number of carbonyl (C=O) groups excluding carboxylic acids is 2. The van der Waals surface area contributed by atoms with Gasteiger partial charge in [-0.05, 0) is 37.5 Å². The molecule has 1 aliphatic rings. The molecule has 1 fully saturated rings. The first-order valence-corrected chi connectivity index (χ1v) is 10.9. The molecule has 28 heavy (non-hydrogen) atoms. The quantitative estimate of drug-likeness (QED) is 0.756. The molecule has 1 unspecified atom stereocenters. The highest BCUT2D eigenvalue weighted by Gasteiger charge is 2.32. The van der Waals surface area contributed by atoms with Crippen LogP contribution in [-0.2, 0) is 20.6 Å². The molecule has 148 valence electrons. The van der Waals surface area contributed by atoms with E-state index in [2.05, 4.69) is 5.32 Å². The fraction of sp³-hybridized carbons (Fsp3) is 0.333. The maximum Gasteiger partial charge on any atom is 0.228 e. The van der Waals surface area contributed by atoms with Crippen LogP contribution in [0.5, 0.6) is 0 Å². The number of rotatable bonds is 6. The summed E-state index contributed by atoms with van der Waals surface area (Å²) in [6, 6.07) is 15.8. The lowest BCUT2D eigenvalue weighted by molar-refractivity contribution is -0.120. The van der Waals surface area contributed by atoms with Crippen LogP contribution in [0.4, 0.5) is 5.69 Å². The molecule has 2 aromatic carbocycles. The maximum absolute atomic E-state index is 12.8. The minimum Gasteiger partial charge on any atom is -0.326 e. The van der Waals surface area contributed by atoms with E-state index in [1.54, 1.807) is 36.4 Å². The van der Waals surface area contributed by atoms with Gasteiger partial charge in [-0.3, -0.25) is 9.59 Å². The zero-order valence-electron chi connectivity index (χ0n) is 15.8. The molecule has 0 aliphatic carbocycles. The van der Waals surface area contributed by atoms with Gasteiger partial charge in [0.2, 0.25) is 15.9 Å². The van der Waals surface area contributed by atoms with Gasteiger partial charge >= 0.3 is 0 Å². The van der Waals surface area contributed by atoms with Gasteiger partial charge in [0, 0.05) is 24.3 Å². The highest BCUT2D eigenvalue weighted by molar-refractivity contribution is 7.88. The van der Waals surface area contributed by atoms with Gasteiger partial charge in [0.05, 0.1) is 11.7 Å². The van der Waals surface area contributed by atoms with Gasteiger partial charge in [-0.25, -0.2) is 12.7 Å². The molecule has 0 saturated carbocycles. The van der Waals surface area contributed by atoms with Crippen molar-refractivity contribution in [3.05, 3.63) is 65.7 Å². The molecule has 6 nitrogen and oxygen atoms in total. The van der Waals surface area contributed by atoms with Crippen LogP contribution in [-0.4, -0.2) is 37.5 Å². The van der Waals surface area contributed by atoms with Gasteiger partial charge < -0.3 is 5.32 Å². The summed E-state index contributed by atoms with van der Waals surface area (Å²) in [5, 5.41) is 2.82. The van der Waals surface area contributed by atoms with Gasteiger partial charge in [0.1, 0.15) is 0 Å². The predicted octanol–water partition coefficient (Wildman–Crippen LogP) is 3.07. The molecule has 1 saturated heterocycles. The largest absolute Gasteiger partial charge is 0.326 e. The Morgan fingerprint density at radius 1 is 1.11 bits per heavy atom. The summed E-state index contributed by atoms with van der Waals surface area (Å²) < 4.78 is 26.9. The summed E-state index contributed by atoms with van der Waals surface area (Å²) in [6.07, 6.45) is 1.27. The van der Waals surface area contributed by atoms with E-state index < -0.39 is 15.9 Å². The molecule has 7 heteroatoms. The van der Waals surface area contributed by atoms with Crippen LogP contribution in [0.2, 0.25) is 0 Å². The van der Waals surface area contributed by atoms with Crippen LogP contribution >= 0.6 is 0 Å². The van der Waals surface area contributed by atoms with Crippen LogP contribution in [0.15, 0.2) is 54.6 Å². The Morgan fingerprint density at radius 3 is 2.57 bits per heavy atom. The van der Waals surface area contributed by atoms with E-state index in [0.717, 1.165) is 5.56 Å². The van der Waals surface area contributed by atoms with Gasteiger partial charge in [-0.15, -0.1) is 0 Å². The third-order valence-corrected chi connectivity index (χ3v) is 6.69. The van der Waals surface area contributed by atoms with Crippen molar-refractivity contribution in [1.29, 1.82) is 0 Å². The van der Waals surface area contributed by atoms with E-state index in [-0.39, 0.29) is 24.0 Å². The first kappa shape index (κ1) is 20.2. The number of piperidine rings is 1. The average molecular weight is 401 g/mol. The number of nitrogens with zero attached hydrogens (tertiary/aromatic N) is 1. The minimum atomic E-state index is -3.48. The first-order chi connectivity index (χ1) is 13.3. The van der Waals surface area contributed by atoms with Gasteiger partial charge in [0.15, 0.2) is 5.78 Å². The molecule has 1 heterocycles. The third-order valence-electron chi connectivity index (χ3n) is 4.88. The number of carbonyl (C=O) groups is 2. The van der Waals surface area contributed by atoms with Crippen molar-refractivity contribution >= 4 is 27.4 Å². The van der Waals surface area contributed by atoms with Crippen molar-refractivity contribution in [1.82, 2.24) is 4.31 Å². The summed E-state index contributed by atoms with van der Waals surface area (Å²) in [4.78, 5) is 24.2. The molecule has 2 aromatic rings. The van der Waals surface area contributed by atoms with Crippen LogP contribution < -0.4 is 5.32 Å². The normalized spacial score (nSPS) is 17.8. The fourth-order valence-electron chi connectivity index (χ4n) is 3.35. The SMILES string of the molecule is CC(=O)c1cccc(NC(=O)C2CCCN(S(=O)(=O)Cc3ccccc3)C2)c1. The highest BCUT2D eigenvalue weighted by atomic mass is 32.2. The standard InChI is InChI=1S/C21H24N2O4S/c1-16(24)18-9-5-11-20(13-18)22-21(25)19-10-6-12-23(14-19)28(26,27)15-17-7-3-2-4-8-17/h2-5,7-9,11,13,19H,6,10,12,14-15H2,1H3,(H,22,25). The lowest BCUT2D eigenvalue weighted by Gasteiger charge is -2.31. The monoisotopic (exact) mass is 400 g/mol. The van der Waals surface area contributed by atoms with Crippen LogP contribution in [0.3, 0.4) is 0 Å². The second-order valence-electron chi connectivity index (χ2n) is 7.07. The number of hydrogen-bond donors (Lipinski definition) is 1. The predicted molar refractivity (Wildman–Crippen MR) is 108 cm³/mol. The molecule has 1 amide bonds. The summed E-state index contributed by atoms with van der Waals surface area (Å²) >= 11 is 0. The molecule has 0 bridgehead atoms. The fourth-order valence-corrected chi connectivity index (χ4v) is 4.96. The molecule has 0 aromatic heterocycles. The number of benzene rings is 2. The van der Waals surface area contributed by atoms with Crippen molar-refractivity contribution in [2.75, 3.05) is 18.4 Å². The van der Waals surface area contributed by atoms with E-state index in [1.165, 1.54) is 11.2 Å². The van der Waals surface area contributed by atoms with E-state index >= 15 is 0 Å². The lowest BCUT2D eigenvalue weighted by atomic mass is 9.98. The molecule has 3 rings (SSSR count). The molecule has 0 spiro atoms. The summed E-state index contributed by atoms with van der Waals surface area (Å²) in [5.74, 6) is -0.782. The van der Waals surface area contributed by atoms with Gasteiger partial charge in [0.25, 0.3) is 0 Å². The number of nitrogens with one attached hydrogen (secondary N) is 1. The Kier molecular flexibility index (Phi) is 6.26. The van der Waals surface area contributed by atoms with E-state index in [1.807, 2.05) is 18.2 Å². The highest BCUT2D eigenvalue weighted by Crippen LogP contribution is 2.23. The average Bonchev–Trinajstić information content (AvgIpc) is 2.68. The smallest absolute Gasteiger partial charge is 0.228 e. The number of Topliss-reactive ketones (excluding diaryl/α,β-unsaturated/α-hetero) is 1. The van der Waals surface area contributed by atoms with Crippen molar-refractivity contribution in [3.63, 3.8) is 0 Å². The third kappa shape index (κ3) is 5.05. The molecule has 0 radical (unpaired) electrons. The maximum atomic E-state index is 12.8. The minimum absolute atomic E-state index is 0.0666. The molecule has 1 atom stereocenters. The Morgan fingerprint density at radius 2 is 1.86 bits per heavy atom. The second kappa shape index (κ2) is 8.67. The van der Waals surface area contributed by atoms with Crippen molar-refractivity contribution in [2.24, 2.45) is 5.92 Å². The summed E-state index contributed by atoms with van der Waals surface area (Å²) in [6.45, 7) is 2.07. The van der Waals surface area contributed by atoms with Gasteiger partial charge in [-0.1, -0.05) is 42.5 Å². The van der Waals surface area contributed by atoms with Crippen LogP contribution in [0.25, 0.3) is 0 Å². The topological polar surface area (TPSA) is 83.6 Å². The Balaban J connectivity index is 1.66. The second-order valence-corrected chi connectivity index (χ2v) is 9.03.